The van der Waals surface area contributed by atoms with Crippen molar-refractivity contribution in [1.82, 2.24) is 29.6 Å². The van der Waals surface area contributed by atoms with Crippen LogP contribution in [-0.4, -0.2) is 68.0 Å². The largest absolute Gasteiger partial charge is 0.379 e. The number of aryl methyl sites for hydroxylation is 1. The van der Waals surface area contributed by atoms with Gasteiger partial charge in [0.05, 0.1) is 29.8 Å². The molecule has 172 valence electrons. The third-order valence-corrected chi connectivity index (χ3v) is 7.41. The summed E-state index contributed by atoms with van der Waals surface area (Å²) in [4.78, 5) is 15.2. The first-order chi connectivity index (χ1) is 16.2. The van der Waals surface area contributed by atoms with Gasteiger partial charge in [-0.3, -0.25) is 9.58 Å². The molecule has 0 unspecified atom stereocenters. The number of benzene rings is 1. The number of hydrogen-bond donors (Lipinski definition) is 2. The van der Waals surface area contributed by atoms with Crippen LogP contribution in [0.4, 0.5) is 5.82 Å². The predicted molar refractivity (Wildman–Crippen MR) is 131 cm³/mol. The third kappa shape index (κ3) is 3.96. The van der Waals surface area contributed by atoms with Crippen molar-refractivity contribution in [2.24, 2.45) is 7.05 Å². The number of rotatable bonds is 4. The summed E-state index contributed by atoms with van der Waals surface area (Å²) in [6.07, 6.45) is 10.1. The molecule has 4 aromatic rings. The summed E-state index contributed by atoms with van der Waals surface area (Å²) >= 11 is 6.63. The first kappa shape index (κ1) is 20.9. The molecule has 3 aromatic heterocycles. The van der Waals surface area contributed by atoms with Gasteiger partial charge in [-0.05, 0) is 37.8 Å². The summed E-state index contributed by atoms with van der Waals surface area (Å²) in [6, 6.07) is 5.18. The molecule has 33 heavy (non-hydrogen) atoms. The van der Waals surface area contributed by atoms with E-state index in [0.29, 0.717) is 17.1 Å². The van der Waals surface area contributed by atoms with Crippen LogP contribution in [0.5, 0.6) is 0 Å². The van der Waals surface area contributed by atoms with Gasteiger partial charge in [0.1, 0.15) is 17.8 Å². The maximum Gasteiger partial charge on any atom is 0.143 e. The van der Waals surface area contributed by atoms with E-state index in [0.717, 1.165) is 78.0 Å². The maximum atomic E-state index is 6.63. The number of nitrogens with zero attached hydrogens (tertiary/aromatic N) is 5. The lowest BCUT2D eigenvalue weighted by molar-refractivity contribution is 0.00791. The molecule has 1 saturated carbocycles. The van der Waals surface area contributed by atoms with Crippen LogP contribution in [0.25, 0.3) is 33.1 Å². The maximum absolute atomic E-state index is 6.63. The Morgan fingerprint density at radius 3 is 2.70 bits per heavy atom. The molecule has 1 aliphatic carbocycles. The number of aromatic amines is 1. The molecular formula is C24H28ClN7O. The standard InChI is InChI=1S/C24H28ClN7O/c1-31-13-15(12-28-31)18-10-19-21(11-20(18)25)30-24-22(19)23(26-14-27-24)29-16-2-4-17(5-3-16)32-6-8-33-9-7-32/h10-14,16-17H,2-9H2,1H3,(H2,26,27,29,30). The number of nitrogens with one attached hydrogen (secondary N) is 2. The van der Waals surface area contributed by atoms with Gasteiger partial charge in [0, 0.05) is 60.4 Å². The number of anilines is 1. The minimum absolute atomic E-state index is 0.412. The van der Waals surface area contributed by atoms with Gasteiger partial charge < -0.3 is 15.0 Å². The van der Waals surface area contributed by atoms with Crippen LogP contribution in [0.15, 0.2) is 30.9 Å². The highest BCUT2D eigenvalue weighted by molar-refractivity contribution is 6.34. The van der Waals surface area contributed by atoms with Crippen LogP contribution in [0.1, 0.15) is 25.7 Å². The topological polar surface area (TPSA) is 83.9 Å². The summed E-state index contributed by atoms with van der Waals surface area (Å²) in [5.41, 5.74) is 3.73. The zero-order valence-corrected chi connectivity index (χ0v) is 19.5. The predicted octanol–water partition coefficient (Wildman–Crippen LogP) is 4.22. The molecule has 2 N–H and O–H groups in total. The van der Waals surface area contributed by atoms with E-state index in [4.69, 9.17) is 16.3 Å². The lowest BCUT2D eigenvalue weighted by atomic mass is 9.90. The molecule has 0 radical (unpaired) electrons. The van der Waals surface area contributed by atoms with E-state index >= 15 is 0 Å². The van der Waals surface area contributed by atoms with E-state index in [-0.39, 0.29) is 0 Å². The lowest BCUT2D eigenvalue weighted by Gasteiger charge is -2.39. The molecule has 8 nitrogen and oxygen atoms in total. The third-order valence-electron chi connectivity index (χ3n) is 7.09. The Labute approximate surface area is 197 Å². The highest BCUT2D eigenvalue weighted by atomic mass is 35.5. The molecule has 4 heterocycles. The zero-order valence-electron chi connectivity index (χ0n) is 18.7. The number of fused-ring (bicyclic) bond motifs is 3. The van der Waals surface area contributed by atoms with Crippen molar-refractivity contribution in [3.63, 3.8) is 0 Å². The summed E-state index contributed by atoms with van der Waals surface area (Å²) in [6.45, 7) is 3.85. The molecule has 0 amide bonds. The van der Waals surface area contributed by atoms with E-state index in [1.54, 1.807) is 11.0 Å². The molecule has 1 aliphatic heterocycles. The normalized spacial score (nSPS) is 22.2. The van der Waals surface area contributed by atoms with Crippen molar-refractivity contribution < 1.29 is 4.74 Å². The molecule has 0 atom stereocenters. The number of ether oxygens (including phenoxy) is 1. The molecule has 1 aromatic carbocycles. The fraction of sp³-hybridized carbons (Fsp3) is 0.458. The molecule has 9 heteroatoms. The van der Waals surface area contributed by atoms with E-state index in [2.05, 4.69) is 36.3 Å². The average Bonchev–Trinajstić information content (AvgIpc) is 3.43. The number of halogens is 1. The Balaban J connectivity index is 1.29. The Morgan fingerprint density at radius 1 is 1.12 bits per heavy atom. The van der Waals surface area contributed by atoms with Crippen LogP contribution >= 0.6 is 11.6 Å². The fourth-order valence-electron chi connectivity index (χ4n) is 5.36. The second kappa shape index (κ2) is 8.59. The van der Waals surface area contributed by atoms with Crippen molar-refractivity contribution >= 4 is 39.4 Å². The average molecular weight is 466 g/mol. The second-order valence-electron chi connectivity index (χ2n) is 9.15. The van der Waals surface area contributed by atoms with Gasteiger partial charge in [-0.1, -0.05) is 11.6 Å². The van der Waals surface area contributed by atoms with Gasteiger partial charge in [0.15, 0.2) is 0 Å². The van der Waals surface area contributed by atoms with Crippen LogP contribution in [0, 0.1) is 0 Å². The molecular weight excluding hydrogens is 438 g/mol. The van der Waals surface area contributed by atoms with Crippen LogP contribution in [0.2, 0.25) is 5.02 Å². The summed E-state index contributed by atoms with van der Waals surface area (Å²) in [7, 11) is 1.91. The number of hydrogen-bond acceptors (Lipinski definition) is 6. The molecule has 6 rings (SSSR count). The zero-order chi connectivity index (χ0) is 22.4. The quantitative estimate of drug-likeness (QED) is 0.469. The van der Waals surface area contributed by atoms with Gasteiger partial charge in [0.2, 0.25) is 0 Å². The number of morpholine rings is 1. The van der Waals surface area contributed by atoms with Crippen molar-refractivity contribution in [3.05, 3.63) is 35.9 Å². The highest BCUT2D eigenvalue weighted by Gasteiger charge is 2.27. The first-order valence-electron chi connectivity index (χ1n) is 11.7. The molecule has 1 saturated heterocycles. The monoisotopic (exact) mass is 465 g/mol. The van der Waals surface area contributed by atoms with Gasteiger partial charge in [-0.2, -0.15) is 5.10 Å². The van der Waals surface area contributed by atoms with E-state index < -0.39 is 0 Å². The molecule has 0 bridgehead atoms. The van der Waals surface area contributed by atoms with Crippen molar-refractivity contribution in [1.29, 1.82) is 0 Å². The van der Waals surface area contributed by atoms with Gasteiger partial charge in [-0.15, -0.1) is 0 Å². The molecule has 0 spiro atoms. The van der Waals surface area contributed by atoms with Crippen LogP contribution in [-0.2, 0) is 11.8 Å². The molecule has 2 fully saturated rings. The minimum Gasteiger partial charge on any atom is -0.379 e. The van der Waals surface area contributed by atoms with Crippen molar-refractivity contribution in [2.45, 2.75) is 37.8 Å². The van der Waals surface area contributed by atoms with E-state index in [1.165, 1.54) is 12.8 Å². The Hall–Kier alpha value is -2.68. The smallest absolute Gasteiger partial charge is 0.143 e. The SMILES string of the molecule is Cn1cc(-c2cc3c(cc2Cl)[nH]c2ncnc(NC4CCC(N5CCOCC5)CC4)c23)cn1. The van der Waals surface area contributed by atoms with E-state index in [1.807, 2.05) is 25.5 Å². The van der Waals surface area contributed by atoms with Crippen LogP contribution < -0.4 is 5.32 Å². The highest BCUT2D eigenvalue weighted by Crippen LogP contribution is 2.37. The Bertz CT molecular complexity index is 1280. The molecule has 2 aliphatic rings. The summed E-state index contributed by atoms with van der Waals surface area (Å²) in [5, 5.41) is 10.8. The van der Waals surface area contributed by atoms with Gasteiger partial charge >= 0.3 is 0 Å². The van der Waals surface area contributed by atoms with Crippen molar-refractivity contribution in [3.8, 4) is 11.1 Å². The summed E-state index contributed by atoms with van der Waals surface area (Å²) < 4.78 is 7.31. The Kier molecular flexibility index (Phi) is 5.44. The van der Waals surface area contributed by atoms with Gasteiger partial charge in [0.25, 0.3) is 0 Å². The van der Waals surface area contributed by atoms with Crippen molar-refractivity contribution in [2.75, 3.05) is 31.6 Å². The van der Waals surface area contributed by atoms with Crippen LogP contribution in [0.3, 0.4) is 0 Å². The first-order valence-corrected chi connectivity index (χ1v) is 12.1. The van der Waals surface area contributed by atoms with Gasteiger partial charge in [-0.25, -0.2) is 9.97 Å². The fourth-order valence-corrected chi connectivity index (χ4v) is 5.63. The Morgan fingerprint density at radius 2 is 1.94 bits per heavy atom. The second-order valence-corrected chi connectivity index (χ2v) is 9.56. The number of H-pyrrole nitrogens is 1. The summed E-state index contributed by atoms with van der Waals surface area (Å²) in [5.74, 6) is 0.889. The lowest BCUT2D eigenvalue weighted by Crippen LogP contribution is -2.46. The number of aromatic nitrogens is 5. The minimum atomic E-state index is 0.412. The van der Waals surface area contributed by atoms with E-state index in [9.17, 15) is 0 Å².